The van der Waals surface area contributed by atoms with Gasteiger partial charge >= 0.3 is 0 Å². The van der Waals surface area contributed by atoms with Crippen LogP contribution in [-0.2, 0) is 0 Å². The number of hydrogen-bond acceptors (Lipinski definition) is 2. The summed E-state index contributed by atoms with van der Waals surface area (Å²) >= 11 is 0. The first-order valence-electron chi connectivity index (χ1n) is 28.0. The Balaban J connectivity index is 0.956. The van der Waals surface area contributed by atoms with Crippen molar-refractivity contribution in [2.24, 2.45) is 0 Å². The Labute approximate surface area is 433 Å². The van der Waals surface area contributed by atoms with Gasteiger partial charge in [-0.05, 0) is 107 Å². The van der Waals surface area contributed by atoms with Crippen molar-refractivity contribution in [3.8, 4) is 67.8 Å². The number of aromatic nitrogens is 5. The predicted molar refractivity (Wildman–Crippen MR) is 298 cm³/mol. The average molecular weight is 944 g/mol. The van der Waals surface area contributed by atoms with Crippen LogP contribution in [0.3, 0.4) is 0 Å². The van der Waals surface area contributed by atoms with E-state index in [0.717, 1.165) is 88.4 Å². The number of nitrogens with zero attached hydrogens (tertiary/aromatic N) is 5. The second-order valence-corrected chi connectivity index (χ2v) is 18.0. The molecule has 0 saturated heterocycles. The zero-order valence-corrected chi connectivity index (χ0v) is 39.0. The second kappa shape index (κ2) is 17.3. The topological polar surface area (TPSA) is 40.8 Å². The van der Waals surface area contributed by atoms with Crippen molar-refractivity contribution in [3.05, 3.63) is 267 Å². The Hall–Kier alpha value is -9.78. The second-order valence-electron chi connectivity index (χ2n) is 18.0. The molecule has 14 rings (SSSR count). The first-order valence-corrected chi connectivity index (χ1v) is 24.0. The maximum Gasteiger partial charge on any atom is 0.269 e. The summed E-state index contributed by atoms with van der Waals surface area (Å²) in [7, 11) is 0. The molecule has 0 N–H and O–H groups in total. The van der Waals surface area contributed by atoms with Gasteiger partial charge in [-0.25, -0.2) is 4.98 Å². The number of fused-ring (bicyclic) bond motifs is 7. The lowest BCUT2D eigenvalue weighted by atomic mass is 9.98. The fourth-order valence-corrected chi connectivity index (χ4v) is 10.4. The maximum atomic E-state index is 8.72. The molecule has 0 aliphatic carbocycles. The lowest BCUT2D eigenvalue weighted by Gasteiger charge is -2.15. The Morgan fingerprint density at radius 3 is 1.70 bits per heavy atom. The number of hydrogen-bond donors (Lipinski definition) is 0. The van der Waals surface area contributed by atoms with Crippen molar-refractivity contribution in [1.82, 2.24) is 18.7 Å². The van der Waals surface area contributed by atoms with E-state index in [1.54, 1.807) is 0 Å². The van der Waals surface area contributed by atoms with Crippen molar-refractivity contribution in [3.63, 3.8) is 0 Å². The van der Waals surface area contributed by atoms with Crippen molar-refractivity contribution >= 4 is 54.6 Å². The van der Waals surface area contributed by atoms with Crippen LogP contribution < -0.4 is 9.30 Å². The molecule has 10 aromatic carbocycles. The quantitative estimate of drug-likeness (QED) is 0.107. The van der Waals surface area contributed by atoms with Crippen molar-refractivity contribution in [2.45, 2.75) is 6.85 Å². The molecular weight excluding hydrogens is 891 g/mol. The van der Waals surface area contributed by atoms with Crippen LogP contribution >= 0.6 is 0 Å². The summed E-state index contributed by atoms with van der Waals surface area (Å²) in [4.78, 5) is 4.80. The van der Waals surface area contributed by atoms with Crippen LogP contribution in [0.2, 0.25) is 0 Å². The monoisotopic (exact) mass is 943 g/mol. The summed E-state index contributed by atoms with van der Waals surface area (Å²) in [5.74, 6) is 1.28. The van der Waals surface area contributed by atoms with Gasteiger partial charge in [-0.1, -0.05) is 170 Å². The lowest BCUT2D eigenvalue weighted by Crippen LogP contribution is -2.29. The molecule has 0 aliphatic heterocycles. The minimum absolute atomic E-state index is 0.0738. The highest BCUT2D eigenvalue weighted by atomic mass is 16.5. The van der Waals surface area contributed by atoms with Gasteiger partial charge in [0, 0.05) is 55.2 Å². The van der Waals surface area contributed by atoms with Crippen molar-refractivity contribution < 1.29 is 20.3 Å². The molecule has 73 heavy (non-hydrogen) atoms. The van der Waals surface area contributed by atoms with Gasteiger partial charge in [0.2, 0.25) is 0 Å². The van der Waals surface area contributed by atoms with Gasteiger partial charge in [-0.3, -0.25) is 13.7 Å². The molecule has 0 radical (unpaired) electrons. The third-order valence-electron chi connectivity index (χ3n) is 13.7. The number of para-hydroxylation sites is 5. The summed E-state index contributed by atoms with van der Waals surface area (Å²) in [6.07, 6.45) is 5.09. The number of ether oxygens (including phenoxy) is 1. The van der Waals surface area contributed by atoms with E-state index in [1.165, 1.54) is 12.3 Å². The van der Waals surface area contributed by atoms with Crippen LogP contribution in [0.5, 0.6) is 11.5 Å². The molecule has 344 valence electrons. The van der Waals surface area contributed by atoms with E-state index < -0.39 is 37.1 Å². The van der Waals surface area contributed by atoms with Crippen LogP contribution in [0.25, 0.3) is 111 Å². The zero-order chi connectivity index (χ0) is 55.3. The summed E-state index contributed by atoms with van der Waals surface area (Å²) in [6.45, 7) is -2.76. The Kier molecular flexibility index (Phi) is 8.16. The fraction of sp³-hybridized carbons (Fsp3) is 0.0149. The molecule has 0 amide bonds. The van der Waals surface area contributed by atoms with E-state index in [-0.39, 0.29) is 22.5 Å². The summed E-state index contributed by atoms with van der Waals surface area (Å²) in [5, 5.41) is 3.96. The van der Waals surface area contributed by atoms with Crippen molar-refractivity contribution in [1.29, 1.82) is 0 Å². The molecule has 0 saturated carbocycles. The normalized spacial score (nSPS) is 13.4. The van der Waals surface area contributed by atoms with Gasteiger partial charge < -0.3 is 9.30 Å². The van der Waals surface area contributed by atoms with Crippen molar-refractivity contribution in [2.75, 3.05) is 0 Å². The third kappa shape index (κ3) is 7.27. The SMILES string of the molecule is [2H]c1c([2H])c([2H])c(-c2cnc(-n3c4ccccc4c4ccc(Oc5cc(-n6[c-][n+](-c7cc(-c8ccccc8)cc(-c8ccccc8)c7)c7ccccc76)cc(-n6c7ccccc7c7ccccc76)c5)cc43)cc2C([2H])([2H])[2H])c([2H])c1[2H]. The molecule has 6 heteroatoms. The van der Waals surface area contributed by atoms with E-state index in [4.69, 9.17) is 20.7 Å². The van der Waals surface area contributed by atoms with E-state index in [1.807, 2.05) is 83.4 Å². The molecule has 0 atom stereocenters. The molecule has 0 fully saturated rings. The summed E-state index contributed by atoms with van der Waals surface area (Å²) in [5.41, 5.74) is 11.7. The Morgan fingerprint density at radius 1 is 0.466 bits per heavy atom. The van der Waals surface area contributed by atoms with Crippen LogP contribution in [-0.4, -0.2) is 18.7 Å². The third-order valence-corrected chi connectivity index (χ3v) is 13.7. The fourth-order valence-electron chi connectivity index (χ4n) is 10.4. The number of aryl methyl sites for hydroxylation is 1. The van der Waals surface area contributed by atoms with Gasteiger partial charge in [-0.15, -0.1) is 0 Å². The van der Waals surface area contributed by atoms with Gasteiger partial charge in [0.25, 0.3) is 6.33 Å². The minimum atomic E-state index is -2.76. The minimum Gasteiger partial charge on any atom is -0.458 e. The molecule has 6 nitrogen and oxygen atoms in total. The van der Waals surface area contributed by atoms with E-state index in [2.05, 4.69) is 153 Å². The molecule has 14 aromatic rings. The smallest absolute Gasteiger partial charge is 0.269 e. The molecule has 4 heterocycles. The number of rotatable bonds is 9. The van der Waals surface area contributed by atoms with E-state index in [9.17, 15) is 0 Å². The summed E-state index contributed by atoms with van der Waals surface area (Å²) in [6, 6.07) is 71.0. The lowest BCUT2D eigenvalue weighted by molar-refractivity contribution is -0.572. The van der Waals surface area contributed by atoms with Gasteiger partial charge in [-0.2, -0.15) is 0 Å². The Morgan fingerprint density at radius 2 is 1.04 bits per heavy atom. The van der Waals surface area contributed by atoms with Crippen LogP contribution in [0.4, 0.5) is 0 Å². The maximum absolute atomic E-state index is 8.72. The zero-order valence-electron chi connectivity index (χ0n) is 47.0. The van der Waals surface area contributed by atoms with E-state index in [0.29, 0.717) is 17.0 Å². The van der Waals surface area contributed by atoms with Gasteiger partial charge in [0.1, 0.15) is 17.3 Å². The number of imidazole rings is 1. The molecule has 0 aliphatic rings. The molecule has 0 bridgehead atoms. The predicted octanol–water partition coefficient (Wildman–Crippen LogP) is 16.4. The first-order chi connectivity index (χ1) is 39.4. The highest BCUT2D eigenvalue weighted by Gasteiger charge is 2.20. The van der Waals surface area contributed by atoms with Gasteiger partial charge in [0.05, 0.1) is 51.3 Å². The van der Waals surface area contributed by atoms with E-state index >= 15 is 0 Å². The summed E-state index contributed by atoms with van der Waals surface area (Å²) < 4.78 is 83.8. The average Bonchev–Trinajstić information content (AvgIpc) is 4.21. The molecule has 4 aromatic heterocycles. The largest absolute Gasteiger partial charge is 0.458 e. The Bertz CT molecular complexity index is 4710. The standard InChI is InChI=1S/C67H45N5O/c1-45-35-67(68-43-60(45)48-23-9-4-10-24-48)72-63-30-16-13-27-58(63)59-34-33-54(42-66(59)72)73-55-40-52(39-53(41-55)71-61-28-14-11-25-56(61)57-26-12-15-29-62(57)71)70-44-69(64-31-17-18-32-65(64)70)51-37-49(46-19-5-2-6-20-46)36-50(38-51)47-21-7-3-8-22-47/h2-43H,1H3/i1D3,4D,9D,10D,23D,24D. The highest BCUT2D eigenvalue weighted by molar-refractivity contribution is 6.10. The number of benzene rings is 10. The molecule has 0 spiro atoms. The molecule has 0 unspecified atom stereocenters. The molecular formula is C67H45N5O. The van der Waals surface area contributed by atoms with Crippen LogP contribution in [0, 0.1) is 13.2 Å². The van der Waals surface area contributed by atoms with Crippen LogP contribution in [0.15, 0.2) is 255 Å². The number of pyridine rings is 1. The van der Waals surface area contributed by atoms with Gasteiger partial charge in [0.15, 0.2) is 0 Å². The highest BCUT2D eigenvalue weighted by Crippen LogP contribution is 2.39. The first kappa shape index (κ1) is 34.5. The van der Waals surface area contributed by atoms with Crippen LogP contribution in [0.1, 0.15) is 16.5 Å².